The minimum Gasteiger partial charge on any atom is -0.298 e. The number of carbonyl (C=O) groups is 1. The average molecular weight is 216 g/mol. The van der Waals surface area contributed by atoms with Crippen LogP contribution in [0, 0.1) is 5.92 Å². The minimum atomic E-state index is -0.212. The van der Waals surface area contributed by atoms with E-state index in [2.05, 4.69) is 23.6 Å². The fourth-order valence-corrected chi connectivity index (χ4v) is 1.70. The van der Waals surface area contributed by atoms with Gasteiger partial charge in [0.15, 0.2) is 0 Å². The van der Waals surface area contributed by atoms with Crippen LogP contribution in [0.3, 0.4) is 0 Å². The maximum atomic E-state index is 11.4. The largest absolute Gasteiger partial charge is 0.345 e. The molecule has 0 saturated heterocycles. The van der Waals surface area contributed by atoms with E-state index in [0.29, 0.717) is 0 Å². The van der Waals surface area contributed by atoms with E-state index in [-0.39, 0.29) is 11.9 Å². The summed E-state index contributed by atoms with van der Waals surface area (Å²) in [6.45, 7) is 4.27. The van der Waals surface area contributed by atoms with Gasteiger partial charge in [-0.15, -0.1) is 0 Å². The zero-order valence-corrected chi connectivity index (χ0v) is 10.3. The Morgan fingerprint density at radius 3 is 2.33 bits per heavy atom. The van der Waals surface area contributed by atoms with E-state index >= 15 is 0 Å². The molecule has 0 bridgehead atoms. The molecular weight excluding hydrogens is 192 g/mol. The molecule has 90 valence electrons. The van der Waals surface area contributed by atoms with Gasteiger partial charge in [-0.25, -0.2) is 4.79 Å². The number of carbonyl (C=O) groups excluding carboxylic acids is 1. The highest BCUT2D eigenvalue weighted by Crippen LogP contribution is 2.17. The molecule has 0 radical (unpaired) electrons. The van der Waals surface area contributed by atoms with Crippen molar-refractivity contribution in [3.8, 4) is 0 Å². The van der Waals surface area contributed by atoms with Crippen LogP contribution in [0.2, 0.25) is 0 Å². The Balaban J connectivity index is 3.76. The van der Waals surface area contributed by atoms with Crippen molar-refractivity contribution in [3.63, 3.8) is 0 Å². The molecule has 15 heavy (non-hydrogen) atoms. The Kier molecular flexibility index (Phi) is 9.59. The van der Waals surface area contributed by atoms with Crippen LogP contribution < -0.4 is 0 Å². The van der Waals surface area contributed by atoms with Crippen LogP contribution in [0.15, 0.2) is 0 Å². The van der Waals surface area contributed by atoms with E-state index in [9.17, 15) is 4.79 Å². The standard InChI is InChI=1S/C12H24O3/c1-4-6-7-8-10-11(9-5-2)12(13)15-14-3/h11H,4-10H2,1-3H3. The Morgan fingerprint density at radius 1 is 1.07 bits per heavy atom. The molecule has 0 N–H and O–H groups in total. The SMILES string of the molecule is CCCCCCC(CCC)C(=O)OOC. The first-order valence-corrected chi connectivity index (χ1v) is 6.00. The smallest absolute Gasteiger partial charge is 0.298 e. The van der Waals surface area contributed by atoms with E-state index in [1.54, 1.807) is 0 Å². The van der Waals surface area contributed by atoms with Crippen molar-refractivity contribution in [2.75, 3.05) is 7.11 Å². The van der Waals surface area contributed by atoms with E-state index in [4.69, 9.17) is 0 Å². The third-order valence-electron chi connectivity index (χ3n) is 2.54. The maximum Gasteiger partial charge on any atom is 0.345 e. The highest BCUT2D eigenvalue weighted by Gasteiger charge is 2.19. The third kappa shape index (κ3) is 7.37. The quantitative estimate of drug-likeness (QED) is 0.336. The van der Waals surface area contributed by atoms with E-state index < -0.39 is 0 Å². The first-order valence-electron chi connectivity index (χ1n) is 6.00. The number of hydrogen-bond donors (Lipinski definition) is 0. The van der Waals surface area contributed by atoms with Gasteiger partial charge in [0.1, 0.15) is 0 Å². The molecule has 3 heteroatoms. The minimum absolute atomic E-state index is 0.0202. The number of unbranched alkanes of at least 4 members (excludes halogenated alkanes) is 3. The molecule has 0 rings (SSSR count). The second-order valence-corrected chi connectivity index (χ2v) is 3.90. The van der Waals surface area contributed by atoms with Crippen LogP contribution in [-0.2, 0) is 14.6 Å². The zero-order valence-electron chi connectivity index (χ0n) is 10.3. The molecule has 0 heterocycles. The fourth-order valence-electron chi connectivity index (χ4n) is 1.70. The van der Waals surface area contributed by atoms with Crippen LogP contribution in [0.1, 0.15) is 58.8 Å². The van der Waals surface area contributed by atoms with Crippen LogP contribution >= 0.6 is 0 Å². The molecule has 0 aromatic carbocycles. The lowest BCUT2D eigenvalue weighted by Gasteiger charge is -2.12. The van der Waals surface area contributed by atoms with Crippen molar-refractivity contribution in [2.24, 2.45) is 5.92 Å². The summed E-state index contributed by atoms with van der Waals surface area (Å²) in [6.07, 6.45) is 7.62. The van der Waals surface area contributed by atoms with E-state index in [1.807, 2.05) is 0 Å². The first kappa shape index (κ1) is 14.4. The van der Waals surface area contributed by atoms with Crippen molar-refractivity contribution in [3.05, 3.63) is 0 Å². The van der Waals surface area contributed by atoms with Crippen LogP contribution in [0.25, 0.3) is 0 Å². The Labute approximate surface area is 93.1 Å². The van der Waals surface area contributed by atoms with Crippen LogP contribution in [0.4, 0.5) is 0 Å². The number of rotatable bonds is 9. The summed E-state index contributed by atoms with van der Waals surface area (Å²) in [5.74, 6) is -0.192. The Bertz CT molecular complexity index is 157. The Hall–Kier alpha value is -0.570. The van der Waals surface area contributed by atoms with Gasteiger partial charge in [0.25, 0.3) is 0 Å². The lowest BCUT2D eigenvalue weighted by Crippen LogP contribution is -2.17. The van der Waals surface area contributed by atoms with Crippen molar-refractivity contribution in [1.82, 2.24) is 0 Å². The summed E-state index contributed by atoms with van der Waals surface area (Å²) in [5, 5.41) is 0. The lowest BCUT2D eigenvalue weighted by molar-refractivity contribution is -0.259. The van der Waals surface area contributed by atoms with Gasteiger partial charge in [0.05, 0.1) is 13.0 Å². The summed E-state index contributed by atoms with van der Waals surface area (Å²) >= 11 is 0. The fraction of sp³-hybridized carbons (Fsp3) is 0.917. The molecule has 1 unspecified atom stereocenters. The second-order valence-electron chi connectivity index (χ2n) is 3.90. The molecule has 0 aliphatic heterocycles. The lowest BCUT2D eigenvalue weighted by atomic mass is 9.96. The molecule has 0 aromatic heterocycles. The normalized spacial score (nSPS) is 12.5. The molecule has 0 spiro atoms. The summed E-state index contributed by atoms with van der Waals surface area (Å²) in [4.78, 5) is 20.4. The predicted octanol–water partition coefficient (Wildman–Crippen LogP) is 3.48. The van der Waals surface area contributed by atoms with E-state index in [1.165, 1.54) is 26.4 Å². The van der Waals surface area contributed by atoms with Crippen molar-refractivity contribution in [1.29, 1.82) is 0 Å². The van der Waals surface area contributed by atoms with Crippen LogP contribution in [-0.4, -0.2) is 13.1 Å². The van der Waals surface area contributed by atoms with Crippen molar-refractivity contribution < 1.29 is 14.6 Å². The number of hydrogen-bond acceptors (Lipinski definition) is 3. The first-order chi connectivity index (χ1) is 7.26. The molecule has 0 aliphatic carbocycles. The average Bonchev–Trinajstić information content (AvgIpc) is 2.23. The molecule has 3 nitrogen and oxygen atoms in total. The Morgan fingerprint density at radius 2 is 1.80 bits per heavy atom. The molecule has 1 atom stereocenters. The van der Waals surface area contributed by atoms with Gasteiger partial charge in [-0.05, 0) is 12.8 Å². The summed E-state index contributed by atoms with van der Waals surface area (Å²) in [5.41, 5.74) is 0. The molecule has 0 amide bonds. The summed E-state index contributed by atoms with van der Waals surface area (Å²) in [7, 11) is 1.37. The topological polar surface area (TPSA) is 35.5 Å². The van der Waals surface area contributed by atoms with Gasteiger partial charge in [0, 0.05) is 0 Å². The maximum absolute atomic E-state index is 11.4. The summed E-state index contributed by atoms with van der Waals surface area (Å²) < 4.78 is 0. The van der Waals surface area contributed by atoms with Gasteiger partial charge in [-0.1, -0.05) is 46.0 Å². The van der Waals surface area contributed by atoms with E-state index in [0.717, 1.165) is 25.7 Å². The van der Waals surface area contributed by atoms with Crippen LogP contribution in [0.5, 0.6) is 0 Å². The monoisotopic (exact) mass is 216 g/mol. The van der Waals surface area contributed by atoms with Gasteiger partial charge in [0.2, 0.25) is 0 Å². The molecule has 0 aromatic rings. The van der Waals surface area contributed by atoms with Gasteiger partial charge in [-0.3, -0.25) is 4.89 Å². The predicted molar refractivity (Wildman–Crippen MR) is 60.3 cm³/mol. The van der Waals surface area contributed by atoms with Crippen molar-refractivity contribution in [2.45, 2.75) is 58.8 Å². The molecule has 0 fully saturated rings. The highest BCUT2D eigenvalue weighted by atomic mass is 17.2. The highest BCUT2D eigenvalue weighted by molar-refractivity contribution is 5.71. The van der Waals surface area contributed by atoms with Gasteiger partial charge >= 0.3 is 5.97 Å². The second kappa shape index (κ2) is 9.97. The molecule has 0 saturated carbocycles. The third-order valence-corrected chi connectivity index (χ3v) is 2.54. The van der Waals surface area contributed by atoms with Gasteiger partial charge in [-0.2, -0.15) is 4.89 Å². The molecular formula is C12H24O3. The molecule has 0 aliphatic rings. The van der Waals surface area contributed by atoms with Gasteiger partial charge < -0.3 is 0 Å². The summed E-state index contributed by atoms with van der Waals surface area (Å²) in [6, 6.07) is 0. The van der Waals surface area contributed by atoms with Crippen molar-refractivity contribution >= 4 is 5.97 Å². The zero-order chi connectivity index (χ0) is 11.5.